The molecule has 15 heavy (non-hydrogen) atoms. The minimum absolute atomic E-state index is 0.0688. The largest absolute Gasteiger partial charge is 0.326 e. The molecule has 0 aromatic heterocycles. The summed E-state index contributed by atoms with van der Waals surface area (Å²) in [4.78, 5) is 0. The fourth-order valence-corrected chi connectivity index (χ4v) is 5.14. The molecule has 8 heteroatoms. The van der Waals surface area contributed by atoms with Gasteiger partial charge in [-0.25, -0.2) is 16.8 Å². The fraction of sp³-hybridized carbons (Fsp3) is 1.00. The van der Waals surface area contributed by atoms with Gasteiger partial charge < -0.3 is 5.73 Å². The number of nitrogens with two attached hydrogens (primary N) is 1. The lowest BCUT2D eigenvalue weighted by atomic mass is 10.1. The number of sulfonamides is 1. The highest BCUT2D eigenvalue weighted by Gasteiger charge is 2.35. The molecule has 0 aromatic carbocycles. The Bertz CT molecular complexity index is 418. The highest BCUT2D eigenvalue weighted by molar-refractivity contribution is 8.06. The summed E-state index contributed by atoms with van der Waals surface area (Å²) in [5.41, 5.74) is 5.67. The summed E-state index contributed by atoms with van der Waals surface area (Å²) in [6.45, 7) is 2.36. The first-order valence-electron chi connectivity index (χ1n) is 4.53. The van der Waals surface area contributed by atoms with Gasteiger partial charge in [0.1, 0.15) is 0 Å². The van der Waals surface area contributed by atoms with Gasteiger partial charge in [0.25, 0.3) is 0 Å². The third-order valence-corrected chi connectivity index (χ3v) is 6.38. The van der Waals surface area contributed by atoms with Crippen molar-refractivity contribution in [2.45, 2.75) is 13.0 Å². The zero-order chi connectivity index (χ0) is 11.9. The van der Waals surface area contributed by atoms with Gasteiger partial charge >= 0.3 is 0 Å². The minimum atomic E-state index is -3.72. The van der Waals surface area contributed by atoms with E-state index in [2.05, 4.69) is 0 Å². The van der Waals surface area contributed by atoms with Crippen LogP contribution >= 0.6 is 0 Å². The highest BCUT2D eigenvalue weighted by Crippen LogP contribution is 2.18. The molecule has 1 fully saturated rings. The summed E-state index contributed by atoms with van der Waals surface area (Å²) in [6, 6.07) is -0.209. The van der Waals surface area contributed by atoms with Gasteiger partial charge in [-0.05, 0) is 5.92 Å². The normalized spacial score (nSPS) is 29.5. The van der Waals surface area contributed by atoms with Crippen LogP contribution in [0.25, 0.3) is 0 Å². The molecule has 2 atom stereocenters. The predicted molar refractivity (Wildman–Crippen MR) is 57.3 cm³/mol. The smallest absolute Gasteiger partial charge is 0.228 e. The lowest BCUT2D eigenvalue weighted by Crippen LogP contribution is -2.35. The van der Waals surface area contributed by atoms with E-state index >= 15 is 0 Å². The van der Waals surface area contributed by atoms with Crippen LogP contribution in [0.15, 0.2) is 0 Å². The van der Waals surface area contributed by atoms with Crippen LogP contribution in [0.3, 0.4) is 0 Å². The fourth-order valence-electron chi connectivity index (χ4n) is 1.52. The summed E-state index contributed by atoms with van der Waals surface area (Å²) in [7, 11) is -7.24. The van der Waals surface area contributed by atoms with Crippen molar-refractivity contribution in [3.63, 3.8) is 0 Å². The topological polar surface area (TPSA) is 97.5 Å². The van der Waals surface area contributed by atoms with E-state index in [-0.39, 0.29) is 18.5 Å². The molecule has 1 heterocycles. The molecular formula is C7H16N2O4S2. The third kappa shape index (κ3) is 3.40. The number of rotatable bonds is 3. The Morgan fingerprint density at radius 3 is 2.13 bits per heavy atom. The van der Waals surface area contributed by atoms with Crippen LogP contribution in [0.1, 0.15) is 6.92 Å². The van der Waals surface area contributed by atoms with Gasteiger partial charge in [-0.2, -0.15) is 4.31 Å². The maximum atomic E-state index is 11.6. The zero-order valence-corrected chi connectivity index (χ0v) is 10.4. The molecule has 1 rings (SSSR count). The Morgan fingerprint density at radius 2 is 1.80 bits per heavy atom. The van der Waals surface area contributed by atoms with Gasteiger partial charge in [0, 0.05) is 25.4 Å². The van der Waals surface area contributed by atoms with Crippen molar-refractivity contribution >= 4 is 19.9 Å². The van der Waals surface area contributed by atoms with E-state index in [4.69, 9.17) is 5.73 Å². The molecule has 0 radical (unpaired) electrons. The van der Waals surface area contributed by atoms with E-state index in [9.17, 15) is 16.8 Å². The second-order valence-electron chi connectivity index (χ2n) is 4.11. The molecule has 0 aliphatic carbocycles. The van der Waals surface area contributed by atoms with Crippen LogP contribution in [0, 0.1) is 5.92 Å². The molecule has 0 aromatic rings. The van der Waals surface area contributed by atoms with Crippen LogP contribution in [0.5, 0.6) is 0 Å². The Kier molecular flexibility index (Phi) is 3.44. The van der Waals surface area contributed by atoms with E-state index in [0.29, 0.717) is 6.54 Å². The average Bonchev–Trinajstić information content (AvgIpc) is 2.27. The monoisotopic (exact) mass is 256 g/mol. The molecule has 1 aliphatic rings. The number of hydrogen-bond acceptors (Lipinski definition) is 5. The first-order chi connectivity index (χ1) is 6.62. The van der Waals surface area contributed by atoms with E-state index in [1.165, 1.54) is 0 Å². The minimum Gasteiger partial charge on any atom is -0.326 e. The van der Waals surface area contributed by atoms with Crippen LogP contribution in [0.4, 0.5) is 0 Å². The van der Waals surface area contributed by atoms with Crippen LogP contribution in [-0.2, 0) is 19.9 Å². The molecule has 0 bridgehead atoms. The van der Waals surface area contributed by atoms with Gasteiger partial charge in [0.05, 0.1) is 0 Å². The standard InChI is InChI=1S/C7H16N2O4S2/c1-6-3-9(4-7(6)8)15(12,13)5-14(2,10)11/h6-7H,3-5,8H2,1-2H3. The van der Waals surface area contributed by atoms with Crippen LogP contribution < -0.4 is 5.73 Å². The zero-order valence-electron chi connectivity index (χ0n) is 8.75. The summed E-state index contributed by atoms with van der Waals surface area (Å²) < 4.78 is 46.3. The lowest BCUT2D eigenvalue weighted by molar-refractivity contribution is 0.467. The Morgan fingerprint density at radius 1 is 1.27 bits per heavy atom. The van der Waals surface area contributed by atoms with Crippen LogP contribution in [0.2, 0.25) is 0 Å². The summed E-state index contributed by atoms with van der Waals surface area (Å²) >= 11 is 0. The van der Waals surface area contributed by atoms with Crippen molar-refractivity contribution in [3.8, 4) is 0 Å². The number of nitrogens with zero attached hydrogens (tertiary/aromatic N) is 1. The van der Waals surface area contributed by atoms with Crippen molar-refractivity contribution < 1.29 is 16.8 Å². The summed E-state index contributed by atoms with van der Waals surface area (Å²) in [5.74, 6) is 0.0688. The van der Waals surface area contributed by atoms with E-state index in [0.717, 1.165) is 10.6 Å². The molecule has 1 aliphatic heterocycles. The molecule has 6 nitrogen and oxygen atoms in total. The Balaban J connectivity index is 2.81. The predicted octanol–water partition coefficient (Wildman–Crippen LogP) is -1.40. The summed E-state index contributed by atoms with van der Waals surface area (Å²) in [5, 5.41) is -0.834. The van der Waals surface area contributed by atoms with Crippen LogP contribution in [-0.4, -0.2) is 51.6 Å². The molecular weight excluding hydrogens is 240 g/mol. The van der Waals surface area contributed by atoms with Crippen molar-refractivity contribution in [1.82, 2.24) is 4.31 Å². The first-order valence-corrected chi connectivity index (χ1v) is 8.20. The molecule has 1 saturated heterocycles. The quantitative estimate of drug-likeness (QED) is 0.669. The Labute approximate surface area is 90.4 Å². The molecule has 0 saturated carbocycles. The van der Waals surface area contributed by atoms with Gasteiger partial charge in [0.2, 0.25) is 10.0 Å². The third-order valence-electron chi connectivity index (χ3n) is 2.39. The first kappa shape index (κ1) is 12.9. The van der Waals surface area contributed by atoms with Crippen molar-refractivity contribution in [3.05, 3.63) is 0 Å². The highest BCUT2D eigenvalue weighted by atomic mass is 32.3. The second kappa shape index (κ2) is 4.00. The summed E-state index contributed by atoms with van der Waals surface area (Å²) in [6.07, 6.45) is 0.907. The maximum Gasteiger partial charge on any atom is 0.228 e. The maximum absolute atomic E-state index is 11.6. The van der Waals surface area contributed by atoms with E-state index < -0.39 is 24.9 Å². The Hall–Kier alpha value is -0.180. The number of sulfone groups is 1. The van der Waals surface area contributed by atoms with E-state index in [1.54, 1.807) is 0 Å². The SMILES string of the molecule is CC1CN(S(=O)(=O)CS(C)(=O)=O)CC1N. The molecule has 2 unspecified atom stereocenters. The molecule has 2 N–H and O–H groups in total. The van der Waals surface area contributed by atoms with Crippen molar-refractivity contribution in [2.24, 2.45) is 11.7 Å². The lowest BCUT2D eigenvalue weighted by Gasteiger charge is -2.14. The van der Waals surface area contributed by atoms with Gasteiger partial charge in [-0.1, -0.05) is 6.92 Å². The van der Waals surface area contributed by atoms with Crippen molar-refractivity contribution in [2.75, 3.05) is 24.4 Å². The van der Waals surface area contributed by atoms with E-state index in [1.807, 2.05) is 6.92 Å². The van der Waals surface area contributed by atoms with Gasteiger partial charge in [-0.3, -0.25) is 0 Å². The van der Waals surface area contributed by atoms with Gasteiger partial charge in [-0.15, -0.1) is 0 Å². The molecule has 0 spiro atoms. The average molecular weight is 256 g/mol. The second-order valence-corrected chi connectivity index (χ2v) is 8.59. The number of hydrogen-bond donors (Lipinski definition) is 1. The molecule has 90 valence electrons. The molecule has 0 amide bonds. The van der Waals surface area contributed by atoms with Crippen molar-refractivity contribution in [1.29, 1.82) is 0 Å². The van der Waals surface area contributed by atoms with Gasteiger partial charge in [0.15, 0.2) is 14.9 Å².